The van der Waals surface area contributed by atoms with Crippen LogP contribution in [0.15, 0.2) is 23.2 Å². The van der Waals surface area contributed by atoms with E-state index in [1.807, 2.05) is 5.38 Å². The summed E-state index contributed by atoms with van der Waals surface area (Å²) in [6.45, 7) is 5.12. The maximum atomic E-state index is 10.4. The fraction of sp³-hybridized carbons (Fsp3) is 0.462. The Morgan fingerprint density at radius 1 is 1.45 bits per heavy atom. The molecule has 1 aromatic heterocycles. The number of allylic oxidation sites excluding steroid dienone is 1. The standard InChI is InChI=1S/C7H9NO2S.C6H11NO2/c1-5(7(9)10)2-6-3-11-4-8-6;1-5(7)3-2-4-6(8)9/h3-5H,2H2,1H3,(H,9,10);1-4,7H2,(H,8,9). The van der Waals surface area contributed by atoms with Crippen molar-refractivity contribution in [1.82, 2.24) is 4.98 Å². The lowest BCUT2D eigenvalue weighted by atomic mass is 10.1. The molecule has 0 saturated heterocycles. The van der Waals surface area contributed by atoms with Crippen LogP contribution < -0.4 is 5.73 Å². The van der Waals surface area contributed by atoms with Crippen molar-refractivity contribution in [3.63, 3.8) is 0 Å². The van der Waals surface area contributed by atoms with Gasteiger partial charge in [0.25, 0.3) is 0 Å². The number of hydrogen-bond acceptors (Lipinski definition) is 5. The van der Waals surface area contributed by atoms with Gasteiger partial charge in [-0.1, -0.05) is 13.5 Å². The Morgan fingerprint density at radius 2 is 2.10 bits per heavy atom. The maximum absolute atomic E-state index is 10.4. The molecule has 0 spiro atoms. The fourth-order valence-electron chi connectivity index (χ4n) is 1.21. The summed E-state index contributed by atoms with van der Waals surface area (Å²) < 4.78 is 0. The number of carboxylic acids is 2. The molecule has 20 heavy (non-hydrogen) atoms. The second kappa shape index (κ2) is 9.96. The predicted molar refractivity (Wildman–Crippen MR) is 77.4 cm³/mol. The lowest BCUT2D eigenvalue weighted by Crippen LogP contribution is -2.12. The topological polar surface area (TPSA) is 114 Å². The molecule has 1 atom stereocenters. The van der Waals surface area contributed by atoms with E-state index >= 15 is 0 Å². The third kappa shape index (κ3) is 10.1. The number of thiazole rings is 1. The Labute approximate surface area is 122 Å². The molecule has 0 bridgehead atoms. The summed E-state index contributed by atoms with van der Waals surface area (Å²) in [5, 5.41) is 18.6. The van der Waals surface area contributed by atoms with Crippen LogP contribution in [-0.2, 0) is 16.0 Å². The Balaban J connectivity index is 0.000000370. The first-order chi connectivity index (χ1) is 9.32. The quantitative estimate of drug-likeness (QED) is 0.710. The number of carboxylic acid groups (broad SMARTS) is 2. The summed E-state index contributed by atoms with van der Waals surface area (Å²) in [6.07, 6.45) is 1.89. The molecule has 0 fully saturated rings. The molecule has 0 amide bonds. The van der Waals surface area contributed by atoms with Gasteiger partial charge in [0.15, 0.2) is 0 Å². The number of nitrogens with zero attached hydrogens (tertiary/aromatic N) is 1. The third-order valence-electron chi connectivity index (χ3n) is 2.31. The van der Waals surface area contributed by atoms with Crippen LogP contribution in [0.5, 0.6) is 0 Å². The van der Waals surface area contributed by atoms with Crippen LogP contribution in [0, 0.1) is 5.92 Å². The van der Waals surface area contributed by atoms with Crippen molar-refractivity contribution in [3.8, 4) is 0 Å². The molecule has 1 aromatic rings. The highest BCUT2D eigenvalue weighted by Crippen LogP contribution is 2.08. The summed E-state index contributed by atoms with van der Waals surface area (Å²) in [5.41, 5.74) is 8.32. The van der Waals surface area contributed by atoms with Crippen molar-refractivity contribution < 1.29 is 19.8 Å². The molecule has 0 saturated carbocycles. The zero-order valence-electron chi connectivity index (χ0n) is 11.4. The molecule has 4 N–H and O–H groups in total. The molecular formula is C13H20N2O4S. The third-order valence-corrected chi connectivity index (χ3v) is 2.94. The van der Waals surface area contributed by atoms with Gasteiger partial charge in [0.05, 0.1) is 17.1 Å². The van der Waals surface area contributed by atoms with Gasteiger partial charge in [-0.05, 0) is 12.8 Å². The first-order valence-corrected chi connectivity index (χ1v) is 7.02. The van der Waals surface area contributed by atoms with Crippen LogP contribution in [0.4, 0.5) is 0 Å². The highest BCUT2D eigenvalue weighted by Gasteiger charge is 2.11. The van der Waals surface area contributed by atoms with E-state index in [1.165, 1.54) is 11.3 Å². The van der Waals surface area contributed by atoms with Crippen LogP contribution in [0.3, 0.4) is 0 Å². The molecule has 1 rings (SSSR count). The van der Waals surface area contributed by atoms with E-state index in [1.54, 1.807) is 12.4 Å². The Kier molecular flexibility index (Phi) is 9.02. The summed E-state index contributed by atoms with van der Waals surface area (Å²) in [6, 6.07) is 0. The first-order valence-electron chi connectivity index (χ1n) is 6.07. The predicted octanol–water partition coefficient (Wildman–Crippen LogP) is 2.12. The summed E-state index contributed by atoms with van der Waals surface area (Å²) >= 11 is 1.49. The minimum atomic E-state index is -0.781. The zero-order chi connectivity index (χ0) is 15.5. The van der Waals surface area contributed by atoms with E-state index in [9.17, 15) is 9.59 Å². The molecule has 0 aromatic carbocycles. The van der Waals surface area contributed by atoms with Crippen LogP contribution in [0.2, 0.25) is 0 Å². The van der Waals surface area contributed by atoms with Crippen molar-refractivity contribution in [2.75, 3.05) is 0 Å². The average molecular weight is 300 g/mol. The highest BCUT2D eigenvalue weighted by molar-refractivity contribution is 7.07. The van der Waals surface area contributed by atoms with Gasteiger partial charge in [0.1, 0.15) is 0 Å². The van der Waals surface area contributed by atoms with E-state index in [0.717, 1.165) is 5.69 Å². The number of hydrogen-bond donors (Lipinski definition) is 3. The lowest BCUT2D eigenvalue weighted by Gasteiger charge is -2.01. The SMILES string of the molecule is C=C(N)CCCC(=O)O.CC(Cc1cscn1)C(=O)O. The normalized spacial score (nSPS) is 11.1. The van der Waals surface area contributed by atoms with Crippen molar-refractivity contribution in [2.45, 2.75) is 32.6 Å². The molecule has 7 heteroatoms. The zero-order valence-corrected chi connectivity index (χ0v) is 12.2. The smallest absolute Gasteiger partial charge is 0.306 e. The van der Waals surface area contributed by atoms with Gasteiger partial charge in [0.2, 0.25) is 0 Å². The second-order valence-corrected chi connectivity index (χ2v) is 5.05. The molecular weight excluding hydrogens is 280 g/mol. The van der Waals surface area contributed by atoms with Gasteiger partial charge in [-0.2, -0.15) is 0 Å². The average Bonchev–Trinajstić information content (AvgIpc) is 2.81. The molecule has 1 unspecified atom stereocenters. The van der Waals surface area contributed by atoms with Crippen LogP contribution in [0.1, 0.15) is 31.9 Å². The Morgan fingerprint density at radius 3 is 2.50 bits per heavy atom. The molecule has 0 aliphatic rings. The van der Waals surface area contributed by atoms with Gasteiger partial charge >= 0.3 is 11.9 Å². The number of aliphatic carboxylic acids is 2. The Bertz CT molecular complexity index is 418. The molecule has 6 nitrogen and oxygen atoms in total. The van der Waals surface area contributed by atoms with Gasteiger partial charge in [-0.15, -0.1) is 11.3 Å². The fourth-order valence-corrected chi connectivity index (χ4v) is 1.78. The van der Waals surface area contributed by atoms with Crippen LogP contribution >= 0.6 is 11.3 Å². The molecule has 0 radical (unpaired) electrons. The minimum absolute atomic E-state index is 0.177. The number of nitrogens with two attached hydrogens (primary N) is 1. The van der Waals surface area contributed by atoms with E-state index in [-0.39, 0.29) is 12.3 Å². The molecule has 112 valence electrons. The van der Waals surface area contributed by atoms with Crippen molar-refractivity contribution >= 4 is 23.3 Å². The molecule has 0 aliphatic carbocycles. The second-order valence-electron chi connectivity index (χ2n) is 4.33. The number of aromatic nitrogens is 1. The van der Waals surface area contributed by atoms with Crippen LogP contribution in [0.25, 0.3) is 0 Å². The van der Waals surface area contributed by atoms with Crippen LogP contribution in [-0.4, -0.2) is 27.1 Å². The van der Waals surface area contributed by atoms with Gasteiger partial charge in [-0.3, -0.25) is 9.59 Å². The lowest BCUT2D eigenvalue weighted by molar-refractivity contribution is -0.141. The maximum Gasteiger partial charge on any atom is 0.306 e. The van der Waals surface area contributed by atoms with Gasteiger partial charge in [0, 0.05) is 23.9 Å². The number of carbonyl (C=O) groups is 2. The monoisotopic (exact) mass is 300 g/mol. The van der Waals surface area contributed by atoms with E-state index < -0.39 is 11.9 Å². The van der Waals surface area contributed by atoms with E-state index in [4.69, 9.17) is 15.9 Å². The van der Waals surface area contributed by atoms with E-state index in [0.29, 0.717) is 25.0 Å². The van der Waals surface area contributed by atoms with Crippen molar-refractivity contribution in [3.05, 3.63) is 28.9 Å². The van der Waals surface area contributed by atoms with Gasteiger partial charge in [-0.25, -0.2) is 4.98 Å². The highest BCUT2D eigenvalue weighted by atomic mass is 32.1. The van der Waals surface area contributed by atoms with Gasteiger partial charge < -0.3 is 15.9 Å². The number of rotatable bonds is 7. The summed E-state index contributed by atoms with van der Waals surface area (Å²) in [7, 11) is 0. The van der Waals surface area contributed by atoms with Crippen molar-refractivity contribution in [1.29, 1.82) is 0 Å². The van der Waals surface area contributed by atoms with Crippen molar-refractivity contribution in [2.24, 2.45) is 11.7 Å². The van der Waals surface area contributed by atoms with E-state index in [2.05, 4.69) is 11.6 Å². The molecule has 0 aliphatic heterocycles. The Hall–Kier alpha value is -1.89. The largest absolute Gasteiger partial charge is 0.481 e. The first kappa shape index (κ1) is 18.1. The summed E-state index contributed by atoms with van der Waals surface area (Å²) in [5.74, 6) is -1.88. The summed E-state index contributed by atoms with van der Waals surface area (Å²) in [4.78, 5) is 24.3. The molecule has 1 heterocycles. The minimum Gasteiger partial charge on any atom is -0.481 e.